The average molecular weight is 192 g/mol. The van der Waals surface area contributed by atoms with Gasteiger partial charge in [0.15, 0.2) is 0 Å². The molecule has 0 aliphatic carbocycles. The molecule has 0 aliphatic heterocycles. The van der Waals surface area contributed by atoms with Gasteiger partial charge in [0.25, 0.3) is 0 Å². The minimum absolute atomic E-state index is 0.0477. The van der Waals surface area contributed by atoms with E-state index in [4.69, 9.17) is 10.5 Å². The van der Waals surface area contributed by atoms with E-state index >= 15 is 0 Å². The average Bonchev–Trinajstić information content (AvgIpc) is 2.16. The number of aromatic carboxylic acids is 1. The Morgan fingerprint density at radius 3 is 2.71 bits per heavy atom. The molecule has 0 amide bonds. The summed E-state index contributed by atoms with van der Waals surface area (Å²) in [6.07, 6.45) is 1.41. The van der Waals surface area contributed by atoms with E-state index in [1.54, 1.807) is 0 Å². The van der Waals surface area contributed by atoms with Crippen molar-refractivity contribution in [3.63, 3.8) is 0 Å². The number of hydrogen-bond donors (Lipinski definition) is 2. The molecule has 0 spiro atoms. The summed E-state index contributed by atoms with van der Waals surface area (Å²) in [5.74, 6) is -0.947. The third kappa shape index (κ3) is 2.16. The molecular weight excluding hydrogens is 180 g/mol. The van der Waals surface area contributed by atoms with Gasteiger partial charge in [-0.25, -0.2) is 4.79 Å². The van der Waals surface area contributed by atoms with Gasteiger partial charge in [-0.3, -0.25) is 4.98 Å². The summed E-state index contributed by atoms with van der Waals surface area (Å²) in [6, 6.07) is 2.84. The van der Waals surface area contributed by atoms with Gasteiger partial charge in [-0.15, -0.1) is 0 Å². The smallest absolute Gasteiger partial charge is 0.335 e. The van der Waals surface area contributed by atoms with Gasteiger partial charge >= 0.3 is 5.97 Å². The highest BCUT2D eigenvalue weighted by Gasteiger charge is 2.10. The summed E-state index contributed by atoms with van der Waals surface area (Å²) in [5.41, 5.74) is 0.952. The quantitative estimate of drug-likeness (QED) is 0.717. The van der Waals surface area contributed by atoms with Gasteiger partial charge in [0.1, 0.15) is 0 Å². The Morgan fingerprint density at radius 1 is 1.57 bits per heavy atom. The topological polar surface area (TPSA) is 74.0 Å². The number of nitrogens with zero attached hydrogens (tertiary/aromatic N) is 1. The highest BCUT2D eigenvalue weighted by Crippen LogP contribution is 2.07. The largest absolute Gasteiger partial charge is 0.478 e. The molecular formula is C10H12N2O2. The first kappa shape index (κ1) is 10.4. The zero-order valence-corrected chi connectivity index (χ0v) is 8.11. The fourth-order valence-electron chi connectivity index (χ4n) is 1.01. The highest BCUT2D eigenvalue weighted by molar-refractivity contribution is 5.99. The second-order valence-electron chi connectivity index (χ2n) is 3.30. The predicted molar refractivity (Wildman–Crippen MR) is 52.9 cm³/mol. The molecule has 4 heteroatoms. The van der Waals surface area contributed by atoms with Crippen LogP contribution in [0.5, 0.6) is 0 Å². The molecule has 0 radical (unpaired) electrons. The van der Waals surface area contributed by atoms with Gasteiger partial charge < -0.3 is 10.5 Å². The van der Waals surface area contributed by atoms with Crippen molar-refractivity contribution in [1.29, 1.82) is 5.41 Å². The zero-order valence-electron chi connectivity index (χ0n) is 8.11. The lowest BCUT2D eigenvalue weighted by Gasteiger charge is -2.06. The molecule has 0 atom stereocenters. The van der Waals surface area contributed by atoms with Crippen molar-refractivity contribution in [3.8, 4) is 0 Å². The third-order valence-electron chi connectivity index (χ3n) is 1.86. The fraction of sp³-hybridized carbons (Fsp3) is 0.300. The van der Waals surface area contributed by atoms with E-state index in [-0.39, 0.29) is 11.5 Å². The normalized spacial score (nSPS) is 10.2. The maximum atomic E-state index is 10.6. The van der Waals surface area contributed by atoms with E-state index in [0.717, 1.165) is 0 Å². The number of rotatable bonds is 3. The predicted octanol–water partition coefficient (Wildman–Crippen LogP) is 1.80. The van der Waals surface area contributed by atoms with E-state index in [2.05, 4.69) is 4.98 Å². The van der Waals surface area contributed by atoms with Crippen LogP contribution in [-0.2, 0) is 0 Å². The Morgan fingerprint density at radius 2 is 2.21 bits per heavy atom. The van der Waals surface area contributed by atoms with Gasteiger partial charge in [-0.2, -0.15) is 0 Å². The highest BCUT2D eigenvalue weighted by atomic mass is 16.4. The van der Waals surface area contributed by atoms with E-state index in [0.29, 0.717) is 11.4 Å². The van der Waals surface area contributed by atoms with Crippen LogP contribution in [0.2, 0.25) is 0 Å². The van der Waals surface area contributed by atoms with Gasteiger partial charge in [0.2, 0.25) is 0 Å². The first-order valence-electron chi connectivity index (χ1n) is 4.30. The van der Waals surface area contributed by atoms with Crippen molar-refractivity contribution >= 4 is 11.7 Å². The van der Waals surface area contributed by atoms with Crippen molar-refractivity contribution in [3.05, 3.63) is 29.6 Å². The molecule has 2 N–H and O–H groups in total. The van der Waals surface area contributed by atoms with Gasteiger partial charge in [-0.05, 0) is 18.1 Å². The van der Waals surface area contributed by atoms with Crippen molar-refractivity contribution in [2.24, 2.45) is 5.92 Å². The van der Waals surface area contributed by atoms with E-state index in [1.807, 2.05) is 13.8 Å². The summed E-state index contributed by atoms with van der Waals surface area (Å²) in [6.45, 7) is 3.74. The van der Waals surface area contributed by atoms with Crippen LogP contribution in [0.1, 0.15) is 29.9 Å². The lowest BCUT2D eigenvalue weighted by Crippen LogP contribution is -2.11. The molecule has 0 saturated carbocycles. The lowest BCUT2D eigenvalue weighted by atomic mass is 10.0. The number of carboxylic acids is 1. The summed E-state index contributed by atoms with van der Waals surface area (Å²) < 4.78 is 0. The fourth-order valence-corrected chi connectivity index (χ4v) is 1.01. The van der Waals surface area contributed by atoms with E-state index < -0.39 is 5.97 Å². The van der Waals surface area contributed by atoms with Gasteiger partial charge in [-0.1, -0.05) is 13.8 Å². The Hall–Kier alpha value is -1.71. The van der Waals surface area contributed by atoms with Crippen molar-refractivity contribution < 1.29 is 9.90 Å². The Bertz CT molecular complexity index is 372. The lowest BCUT2D eigenvalue weighted by molar-refractivity contribution is 0.0696. The summed E-state index contributed by atoms with van der Waals surface area (Å²) in [7, 11) is 0. The van der Waals surface area contributed by atoms with Crippen LogP contribution in [-0.4, -0.2) is 21.8 Å². The molecule has 1 heterocycles. The Balaban J connectivity index is 3.06. The van der Waals surface area contributed by atoms with Crippen LogP contribution in [0.4, 0.5) is 0 Å². The summed E-state index contributed by atoms with van der Waals surface area (Å²) in [4.78, 5) is 14.6. The number of hydrogen-bond acceptors (Lipinski definition) is 3. The molecule has 1 aromatic rings. The van der Waals surface area contributed by atoms with Gasteiger partial charge in [0.05, 0.1) is 17.0 Å². The molecule has 4 nitrogen and oxygen atoms in total. The molecule has 0 aliphatic rings. The Labute approximate surface area is 82.1 Å². The zero-order chi connectivity index (χ0) is 10.7. The standard InChI is InChI=1S/C10H12N2O2/c1-6(2)9(11)8-5-7(10(13)14)3-4-12-8/h3-6,11H,1-2H3,(H,13,14). The Kier molecular flexibility index (Phi) is 2.96. The van der Waals surface area contributed by atoms with Crippen molar-refractivity contribution in [2.75, 3.05) is 0 Å². The second-order valence-corrected chi connectivity index (χ2v) is 3.30. The van der Waals surface area contributed by atoms with Gasteiger partial charge in [0, 0.05) is 6.20 Å². The summed E-state index contributed by atoms with van der Waals surface area (Å²) >= 11 is 0. The van der Waals surface area contributed by atoms with E-state index in [1.165, 1.54) is 18.3 Å². The van der Waals surface area contributed by atoms with Crippen LogP contribution in [0.25, 0.3) is 0 Å². The first-order valence-corrected chi connectivity index (χ1v) is 4.30. The molecule has 0 bridgehead atoms. The monoisotopic (exact) mass is 192 g/mol. The molecule has 0 unspecified atom stereocenters. The van der Waals surface area contributed by atoms with Crippen LogP contribution in [0.3, 0.4) is 0 Å². The molecule has 0 fully saturated rings. The van der Waals surface area contributed by atoms with E-state index in [9.17, 15) is 4.79 Å². The number of carboxylic acid groups (broad SMARTS) is 1. The number of carbonyl (C=O) groups is 1. The van der Waals surface area contributed by atoms with Crippen molar-refractivity contribution in [1.82, 2.24) is 4.98 Å². The maximum absolute atomic E-state index is 10.6. The number of nitrogens with one attached hydrogen (secondary N) is 1. The molecule has 1 aromatic heterocycles. The summed E-state index contributed by atoms with van der Waals surface area (Å²) in [5, 5.41) is 16.4. The molecule has 0 saturated heterocycles. The van der Waals surface area contributed by atoms with Crippen LogP contribution >= 0.6 is 0 Å². The number of pyridine rings is 1. The van der Waals surface area contributed by atoms with Crippen LogP contribution in [0.15, 0.2) is 18.3 Å². The second kappa shape index (κ2) is 4.00. The third-order valence-corrected chi connectivity index (χ3v) is 1.86. The molecule has 0 aromatic carbocycles. The maximum Gasteiger partial charge on any atom is 0.335 e. The minimum atomic E-state index is -0.995. The SMILES string of the molecule is CC(C)C(=N)c1cc(C(=O)O)ccn1. The number of aromatic nitrogens is 1. The minimum Gasteiger partial charge on any atom is -0.478 e. The molecule has 74 valence electrons. The molecule has 14 heavy (non-hydrogen) atoms. The van der Waals surface area contributed by atoms with Crippen molar-refractivity contribution in [2.45, 2.75) is 13.8 Å². The van der Waals surface area contributed by atoms with Crippen LogP contribution in [0, 0.1) is 11.3 Å². The first-order chi connectivity index (χ1) is 6.52. The molecule has 1 rings (SSSR count). The van der Waals surface area contributed by atoms with Crippen LogP contribution < -0.4 is 0 Å².